The first-order valence-corrected chi connectivity index (χ1v) is 15.7. The summed E-state index contributed by atoms with van der Waals surface area (Å²) < 4.78 is 5.44. The number of hydrogen-bond acceptors (Lipinski definition) is 4. The summed E-state index contributed by atoms with van der Waals surface area (Å²) in [5.41, 5.74) is 3.23. The van der Waals surface area contributed by atoms with E-state index in [0.717, 1.165) is 36.8 Å². The van der Waals surface area contributed by atoms with Gasteiger partial charge in [-0.1, -0.05) is 97.9 Å². The second kappa shape index (κ2) is 17.1. The minimum Gasteiger partial charge on any atom is -0.445 e. The molecule has 1 aliphatic rings. The highest BCUT2D eigenvalue weighted by atomic mass is 16.5. The Morgan fingerprint density at radius 2 is 1.44 bits per heavy atom. The number of likely N-dealkylation sites (tertiary alicyclic amines) is 1. The Balaban J connectivity index is 1.27. The number of amides is 3. The SMILES string of the molecule is CCC(C(=O)NCCCCC(NC(=O)OCc1ccccc1)C(=O)N1CCC(Cc2ccccc2)CC1)c1ccccc1. The molecule has 1 aliphatic heterocycles. The van der Waals surface area contributed by atoms with Gasteiger partial charge < -0.3 is 20.3 Å². The van der Waals surface area contributed by atoms with E-state index < -0.39 is 12.1 Å². The first kappa shape index (κ1) is 31.8. The molecule has 3 amide bonds. The summed E-state index contributed by atoms with van der Waals surface area (Å²) >= 11 is 0. The number of nitrogens with one attached hydrogen (secondary N) is 2. The maximum atomic E-state index is 13.6. The van der Waals surface area contributed by atoms with Gasteiger partial charge in [-0.05, 0) is 67.6 Å². The minimum absolute atomic E-state index is 0.0160. The average molecular weight is 584 g/mol. The molecule has 0 radical (unpaired) electrons. The van der Waals surface area contributed by atoms with Gasteiger partial charge in [0.05, 0.1) is 5.92 Å². The lowest BCUT2D eigenvalue weighted by Gasteiger charge is -2.34. The van der Waals surface area contributed by atoms with Crippen molar-refractivity contribution < 1.29 is 19.1 Å². The van der Waals surface area contributed by atoms with Crippen LogP contribution in [0, 0.1) is 5.92 Å². The number of alkyl carbamates (subject to hydrolysis) is 1. The largest absolute Gasteiger partial charge is 0.445 e. The van der Waals surface area contributed by atoms with Crippen molar-refractivity contribution in [2.45, 2.75) is 70.4 Å². The highest BCUT2D eigenvalue weighted by Crippen LogP contribution is 2.23. The van der Waals surface area contributed by atoms with Crippen LogP contribution in [0.4, 0.5) is 4.79 Å². The van der Waals surface area contributed by atoms with Crippen molar-refractivity contribution in [3.05, 3.63) is 108 Å². The van der Waals surface area contributed by atoms with Gasteiger partial charge in [-0.25, -0.2) is 4.79 Å². The van der Waals surface area contributed by atoms with Crippen molar-refractivity contribution in [3.8, 4) is 0 Å². The van der Waals surface area contributed by atoms with Crippen molar-refractivity contribution in [1.29, 1.82) is 0 Å². The molecule has 7 nitrogen and oxygen atoms in total. The zero-order chi connectivity index (χ0) is 30.3. The van der Waals surface area contributed by atoms with Crippen LogP contribution in [0.5, 0.6) is 0 Å². The molecule has 0 saturated carbocycles. The number of carbonyl (C=O) groups excluding carboxylic acids is 3. The third-order valence-electron chi connectivity index (χ3n) is 8.24. The zero-order valence-electron chi connectivity index (χ0n) is 25.3. The Kier molecular flexibility index (Phi) is 12.6. The lowest BCUT2D eigenvalue weighted by molar-refractivity contribution is -0.135. The first-order chi connectivity index (χ1) is 21.0. The van der Waals surface area contributed by atoms with Gasteiger partial charge in [-0.3, -0.25) is 9.59 Å². The Hall–Kier alpha value is -4.13. The average Bonchev–Trinajstić information content (AvgIpc) is 3.05. The van der Waals surface area contributed by atoms with Gasteiger partial charge in [-0.15, -0.1) is 0 Å². The predicted molar refractivity (Wildman–Crippen MR) is 169 cm³/mol. The molecule has 0 aromatic heterocycles. The van der Waals surface area contributed by atoms with Crippen LogP contribution in [0.1, 0.15) is 68.1 Å². The fraction of sp³-hybridized carbons (Fsp3) is 0.417. The summed E-state index contributed by atoms with van der Waals surface area (Å²) in [5, 5.41) is 5.90. The summed E-state index contributed by atoms with van der Waals surface area (Å²) in [5.74, 6) is 0.317. The Morgan fingerprint density at radius 1 is 0.837 bits per heavy atom. The second-order valence-corrected chi connectivity index (χ2v) is 11.4. The molecule has 2 atom stereocenters. The van der Waals surface area contributed by atoms with E-state index in [-0.39, 0.29) is 24.3 Å². The molecular weight excluding hydrogens is 538 g/mol. The van der Waals surface area contributed by atoms with Gasteiger partial charge in [0.25, 0.3) is 0 Å². The van der Waals surface area contributed by atoms with E-state index in [0.29, 0.717) is 44.8 Å². The highest BCUT2D eigenvalue weighted by Gasteiger charge is 2.29. The number of piperidine rings is 1. The van der Waals surface area contributed by atoms with Crippen LogP contribution in [0.2, 0.25) is 0 Å². The quantitative estimate of drug-likeness (QED) is 0.220. The van der Waals surface area contributed by atoms with E-state index in [9.17, 15) is 14.4 Å². The van der Waals surface area contributed by atoms with Crippen LogP contribution < -0.4 is 10.6 Å². The van der Waals surface area contributed by atoms with Gasteiger partial charge in [0.2, 0.25) is 11.8 Å². The van der Waals surface area contributed by atoms with E-state index in [1.54, 1.807) is 0 Å². The maximum absolute atomic E-state index is 13.6. The molecule has 2 N–H and O–H groups in total. The third-order valence-corrected chi connectivity index (χ3v) is 8.24. The Morgan fingerprint density at radius 3 is 2.07 bits per heavy atom. The molecule has 4 rings (SSSR count). The van der Waals surface area contributed by atoms with E-state index >= 15 is 0 Å². The minimum atomic E-state index is -0.669. The zero-order valence-corrected chi connectivity index (χ0v) is 25.3. The molecular formula is C36H45N3O4. The summed E-state index contributed by atoms with van der Waals surface area (Å²) in [6, 6.07) is 29.1. The summed E-state index contributed by atoms with van der Waals surface area (Å²) in [4.78, 5) is 41.0. The molecule has 0 aliphatic carbocycles. The smallest absolute Gasteiger partial charge is 0.408 e. The molecule has 43 heavy (non-hydrogen) atoms. The van der Waals surface area contributed by atoms with Crippen molar-refractivity contribution in [1.82, 2.24) is 15.5 Å². The molecule has 2 unspecified atom stereocenters. The van der Waals surface area contributed by atoms with Crippen LogP contribution in [0.25, 0.3) is 0 Å². The van der Waals surface area contributed by atoms with Crippen molar-refractivity contribution in [2.75, 3.05) is 19.6 Å². The number of rotatable bonds is 14. The fourth-order valence-electron chi connectivity index (χ4n) is 5.76. The molecule has 1 fully saturated rings. The Labute approximate surface area is 256 Å². The Bertz CT molecular complexity index is 1260. The molecule has 3 aromatic carbocycles. The van der Waals surface area contributed by atoms with E-state index in [2.05, 4.69) is 34.9 Å². The number of ether oxygens (including phenoxy) is 1. The number of nitrogens with zero attached hydrogens (tertiary/aromatic N) is 1. The van der Waals surface area contributed by atoms with Crippen molar-refractivity contribution in [2.24, 2.45) is 5.92 Å². The molecule has 1 saturated heterocycles. The van der Waals surface area contributed by atoms with Crippen LogP contribution >= 0.6 is 0 Å². The second-order valence-electron chi connectivity index (χ2n) is 11.4. The number of unbranched alkanes of at least 4 members (excludes halogenated alkanes) is 1. The molecule has 228 valence electrons. The van der Waals surface area contributed by atoms with Crippen LogP contribution in [0.15, 0.2) is 91.0 Å². The fourth-order valence-corrected chi connectivity index (χ4v) is 5.76. The van der Waals surface area contributed by atoms with E-state index in [4.69, 9.17) is 4.74 Å². The van der Waals surface area contributed by atoms with Crippen LogP contribution in [-0.2, 0) is 27.4 Å². The van der Waals surface area contributed by atoms with Gasteiger partial charge in [0.15, 0.2) is 0 Å². The van der Waals surface area contributed by atoms with Gasteiger partial charge in [-0.2, -0.15) is 0 Å². The van der Waals surface area contributed by atoms with Crippen LogP contribution in [-0.4, -0.2) is 48.5 Å². The lowest BCUT2D eigenvalue weighted by atomic mass is 9.90. The summed E-state index contributed by atoms with van der Waals surface area (Å²) in [6.45, 7) is 4.04. The van der Waals surface area contributed by atoms with Gasteiger partial charge in [0.1, 0.15) is 12.6 Å². The molecule has 0 bridgehead atoms. The topological polar surface area (TPSA) is 87.7 Å². The summed E-state index contributed by atoms with van der Waals surface area (Å²) in [6.07, 6.45) is 4.91. The number of carbonyl (C=O) groups is 3. The van der Waals surface area contributed by atoms with Gasteiger partial charge >= 0.3 is 6.09 Å². The molecule has 7 heteroatoms. The predicted octanol–water partition coefficient (Wildman–Crippen LogP) is 6.24. The van der Waals surface area contributed by atoms with E-state index in [1.165, 1.54) is 5.56 Å². The maximum Gasteiger partial charge on any atom is 0.408 e. The lowest BCUT2D eigenvalue weighted by Crippen LogP contribution is -2.51. The molecule has 1 heterocycles. The third kappa shape index (κ3) is 10.3. The monoisotopic (exact) mass is 583 g/mol. The van der Waals surface area contributed by atoms with Crippen molar-refractivity contribution in [3.63, 3.8) is 0 Å². The molecule has 3 aromatic rings. The van der Waals surface area contributed by atoms with E-state index in [1.807, 2.05) is 78.6 Å². The van der Waals surface area contributed by atoms with Crippen LogP contribution in [0.3, 0.4) is 0 Å². The standard InChI is InChI=1S/C36H45N3O4/c1-2-32(31-18-10-5-11-19-31)34(40)37-23-13-12-20-33(38-36(42)43-27-30-16-8-4-9-17-30)35(41)39-24-21-29(22-25-39)26-28-14-6-3-7-15-28/h3-11,14-19,29,32-33H,2,12-13,20-27H2,1H3,(H,37,40)(H,38,42). The van der Waals surface area contributed by atoms with Crippen molar-refractivity contribution >= 4 is 17.9 Å². The van der Waals surface area contributed by atoms with Gasteiger partial charge in [0, 0.05) is 19.6 Å². The summed E-state index contributed by atoms with van der Waals surface area (Å²) in [7, 11) is 0. The normalized spacial score (nSPS) is 14.9. The first-order valence-electron chi connectivity index (χ1n) is 15.7. The number of hydrogen-bond donors (Lipinski definition) is 2. The molecule has 0 spiro atoms. The number of benzene rings is 3. The highest BCUT2D eigenvalue weighted by molar-refractivity contribution is 5.86.